The molecule has 1 amide bonds. The van der Waals surface area contributed by atoms with E-state index < -0.39 is 36.1 Å². The summed E-state index contributed by atoms with van der Waals surface area (Å²) in [4.78, 5) is 20.8. The van der Waals surface area contributed by atoms with Crippen molar-refractivity contribution in [1.29, 1.82) is 0 Å². The number of amides is 1. The van der Waals surface area contributed by atoms with Gasteiger partial charge in [0.1, 0.15) is 17.5 Å². The quantitative estimate of drug-likeness (QED) is 0.258. The number of halogens is 8. The first kappa shape index (κ1) is 26.4. The summed E-state index contributed by atoms with van der Waals surface area (Å²) in [6.45, 7) is -0.0776. The molecule has 200 valence electrons. The summed E-state index contributed by atoms with van der Waals surface area (Å²) in [6.07, 6.45) is -4.42. The maximum atomic E-state index is 13.9. The number of pyridine rings is 1. The Morgan fingerprint density at radius 2 is 1.82 bits per heavy atom. The first-order valence-electron chi connectivity index (χ1n) is 10.6. The lowest BCUT2D eigenvalue weighted by atomic mass is 10.0. The van der Waals surface area contributed by atoms with Gasteiger partial charge in [0.2, 0.25) is 5.82 Å². The lowest BCUT2D eigenvalue weighted by Gasteiger charge is -2.34. The molecule has 0 spiro atoms. The minimum Gasteiger partial charge on any atom is -0.487 e. The number of hydrogen-bond donors (Lipinski definition) is 0. The summed E-state index contributed by atoms with van der Waals surface area (Å²) in [5, 5.41) is 3.62. The van der Waals surface area contributed by atoms with Crippen molar-refractivity contribution in [2.24, 2.45) is 0 Å². The Labute approximate surface area is 224 Å². The predicted octanol–water partition coefficient (Wildman–Crippen LogP) is 6.28. The zero-order valence-corrected chi connectivity index (χ0v) is 21.1. The summed E-state index contributed by atoms with van der Waals surface area (Å²) < 4.78 is 79.1. The van der Waals surface area contributed by atoms with Crippen LogP contribution in [0.4, 0.5) is 22.0 Å². The minimum atomic E-state index is -4.61. The molecule has 0 saturated carbocycles. The Balaban J connectivity index is 1.41. The standard InChI is InChI=1S/C22H13Cl3F5N5O3/c1-34-7-10(5-21(26,27)20(34)36)37-16-4-12(23)11(3-13(16)24)17-32-19(38-33-17)15-8-35-6-9(22(28,29)30)2-14(25)18(35)31-15/h2-4,6,8,10H,5,7H2,1H3. The number of alkyl halides is 5. The second-order valence-electron chi connectivity index (χ2n) is 8.45. The molecule has 1 fully saturated rings. The zero-order valence-electron chi connectivity index (χ0n) is 18.9. The van der Waals surface area contributed by atoms with Gasteiger partial charge in [0.15, 0.2) is 5.65 Å². The molecule has 4 aromatic rings. The van der Waals surface area contributed by atoms with Gasteiger partial charge < -0.3 is 18.6 Å². The number of fused-ring (bicyclic) bond motifs is 1. The summed E-state index contributed by atoms with van der Waals surface area (Å²) >= 11 is 18.6. The molecule has 0 N–H and O–H groups in total. The van der Waals surface area contributed by atoms with Crippen molar-refractivity contribution in [3.63, 3.8) is 0 Å². The highest BCUT2D eigenvalue weighted by Crippen LogP contribution is 2.39. The van der Waals surface area contributed by atoms with Crippen molar-refractivity contribution < 1.29 is 36.0 Å². The highest BCUT2D eigenvalue weighted by molar-refractivity contribution is 6.36. The molecule has 3 aromatic heterocycles. The molecule has 1 aliphatic heterocycles. The van der Waals surface area contributed by atoms with E-state index >= 15 is 0 Å². The molecule has 1 aromatic carbocycles. The van der Waals surface area contributed by atoms with E-state index in [1.54, 1.807) is 0 Å². The predicted molar refractivity (Wildman–Crippen MR) is 126 cm³/mol. The Morgan fingerprint density at radius 1 is 1.08 bits per heavy atom. The van der Waals surface area contributed by atoms with Crippen LogP contribution in [0.3, 0.4) is 0 Å². The Kier molecular flexibility index (Phi) is 6.43. The number of imidazole rings is 1. The maximum absolute atomic E-state index is 13.9. The van der Waals surface area contributed by atoms with Crippen LogP contribution < -0.4 is 4.74 Å². The molecule has 38 heavy (non-hydrogen) atoms. The van der Waals surface area contributed by atoms with Gasteiger partial charge in [-0.3, -0.25) is 4.79 Å². The van der Waals surface area contributed by atoms with Gasteiger partial charge in [-0.1, -0.05) is 40.0 Å². The molecule has 1 unspecified atom stereocenters. The average molecular weight is 597 g/mol. The zero-order chi connectivity index (χ0) is 27.6. The van der Waals surface area contributed by atoms with E-state index in [9.17, 15) is 26.7 Å². The molecule has 0 bridgehead atoms. The van der Waals surface area contributed by atoms with Gasteiger partial charge in [-0.15, -0.1) is 0 Å². The van der Waals surface area contributed by atoms with Crippen LogP contribution >= 0.6 is 34.8 Å². The van der Waals surface area contributed by atoms with Gasteiger partial charge in [-0.25, -0.2) is 4.98 Å². The van der Waals surface area contributed by atoms with Crippen LogP contribution in [0.2, 0.25) is 15.1 Å². The first-order valence-corrected chi connectivity index (χ1v) is 11.8. The normalized spacial score (nSPS) is 17.9. The van der Waals surface area contributed by atoms with E-state index in [4.69, 9.17) is 44.1 Å². The lowest BCUT2D eigenvalue weighted by molar-refractivity contribution is -0.169. The second kappa shape index (κ2) is 9.24. The number of ether oxygens (including phenoxy) is 1. The third-order valence-electron chi connectivity index (χ3n) is 5.66. The number of nitrogens with zero attached hydrogens (tertiary/aromatic N) is 5. The van der Waals surface area contributed by atoms with E-state index in [1.807, 2.05) is 0 Å². The van der Waals surface area contributed by atoms with Crippen molar-refractivity contribution >= 4 is 46.4 Å². The van der Waals surface area contributed by atoms with Crippen LogP contribution in [0.1, 0.15) is 12.0 Å². The summed E-state index contributed by atoms with van der Waals surface area (Å²) in [5.41, 5.74) is -0.688. The first-order chi connectivity index (χ1) is 17.7. The van der Waals surface area contributed by atoms with Crippen molar-refractivity contribution in [2.45, 2.75) is 24.6 Å². The molecule has 0 aliphatic carbocycles. The summed E-state index contributed by atoms with van der Waals surface area (Å²) in [6, 6.07) is 3.37. The number of carbonyl (C=O) groups is 1. The van der Waals surface area contributed by atoms with E-state index in [-0.39, 0.29) is 56.0 Å². The Hall–Kier alpha value is -3.16. The molecule has 16 heteroatoms. The lowest BCUT2D eigenvalue weighted by Crippen LogP contribution is -2.53. The molecule has 5 rings (SSSR count). The summed E-state index contributed by atoms with van der Waals surface area (Å²) in [7, 11) is 1.24. The van der Waals surface area contributed by atoms with E-state index in [2.05, 4.69) is 15.1 Å². The second-order valence-corrected chi connectivity index (χ2v) is 9.67. The molecule has 1 saturated heterocycles. The molecular weight excluding hydrogens is 584 g/mol. The fraction of sp³-hybridized carbons (Fsp3) is 0.273. The third kappa shape index (κ3) is 4.85. The fourth-order valence-electron chi connectivity index (χ4n) is 3.91. The van der Waals surface area contributed by atoms with E-state index in [0.717, 1.165) is 21.6 Å². The minimum absolute atomic E-state index is 0.00203. The van der Waals surface area contributed by atoms with E-state index in [0.29, 0.717) is 0 Å². The third-order valence-corrected chi connectivity index (χ3v) is 6.54. The Bertz CT molecular complexity index is 1570. The number of hydrogen-bond acceptors (Lipinski definition) is 6. The smallest absolute Gasteiger partial charge is 0.417 e. The monoisotopic (exact) mass is 595 g/mol. The van der Waals surface area contributed by atoms with Crippen LogP contribution in [0, 0.1) is 0 Å². The van der Waals surface area contributed by atoms with Crippen LogP contribution in [0.25, 0.3) is 28.6 Å². The molecular formula is C22H13Cl3F5N5O3. The topological polar surface area (TPSA) is 85.8 Å². The SMILES string of the molecule is CN1CC(Oc2cc(Cl)c(-c3noc(-c4cn5cc(C(F)(F)F)cc(Cl)c5n4)n3)cc2Cl)CC(F)(F)C1=O. The molecule has 8 nitrogen and oxygen atoms in total. The van der Waals surface area contributed by atoms with Crippen molar-refractivity contribution in [1.82, 2.24) is 24.4 Å². The largest absolute Gasteiger partial charge is 0.487 e. The maximum Gasteiger partial charge on any atom is 0.417 e. The van der Waals surface area contributed by atoms with E-state index in [1.165, 1.54) is 25.4 Å². The molecule has 4 heterocycles. The van der Waals surface area contributed by atoms with Gasteiger partial charge >= 0.3 is 12.1 Å². The number of rotatable bonds is 4. The summed E-state index contributed by atoms with van der Waals surface area (Å²) in [5.74, 6) is -5.04. The highest BCUT2D eigenvalue weighted by Gasteiger charge is 2.48. The van der Waals surface area contributed by atoms with Gasteiger partial charge in [-0.2, -0.15) is 26.9 Å². The van der Waals surface area contributed by atoms with Crippen LogP contribution in [-0.2, 0) is 11.0 Å². The number of aromatic nitrogens is 4. The Morgan fingerprint density at radius 3 is 2.50 bits per heavy atom. The molecule has 1 atom stereocenters. The molecule has 1 aliphatic rings. The fourth-order valence-corrected chi connectivity index (χ4v) is 4.61. The van der Waals surface area contributed by atoms with Crippen molar-refractivity contribution in [3.05, 3.63) is 51.2 Å². The molecule has 0 radical (unpaired) electrons. The van der Waals surface area contributed by atoms with Gasteiger partial charge in [0.05, 0.1) is 33.6 Å². The van der Waals surface area contributed by atoms with Crippen LogP contribution in [0.5, 0.6) is 5.75 Å². The number of piperidine rings is 1. The number of carbonyl (C=O) groups excluding carboxylic acids is 1. The van der Waals surface area contributed by atoms with Crippen molar-refractivity contribution in [3.8, 4) is 28.7 Å². The van der Waals surface area contributed by atoms with Gasteiger partial charge in [0, 0.05) is 31.1 Å². The van der Waals surface area contributed by atoms with Gasteiger partial charge in [0.25, 0.3) is 11.8 Å². The van der Waals surface area contributed by atoms with Gasteiger partial charge in [-0.05, 0) is 12.1 Å². The number of likely N-dealkylation sites (tertiary alicyclic amines) is 1. The highest BCUT2D eigenvalue weighted by atomic mass is 35.5. The number of likely N-dealkylation sites (N-methyl/N-ethyl adjacent to an activating group) is 1. The van der Waals surface area contributed by atoms with Crippen LogP contribution in [0.15, 0.2) is 35.1 Å². The number of benzene rings is 1. The van der Waals surface area contributed by atoms with Crippen LogP contribution in [-0.4, -0.2) is 56.0 Å². The average Bonchev–Trinajstić information content (AvgIpc) is 3.46. The van der Waals surface area contributed by atoms with Crippen molar-refractivity contribution in [2.75, 3.05) is 13.6 Å².